The summed E-state index contributed by atoms with van der Waals surface area (Å²) in [6, 6.07) is 5.08. The fraction of sp³-hybridized carbons (Fsp3) is 0. The van der Waals surface area contributed by atoms with E-state index in [1.807, 2.05) is 0 Å². The van der Waals surface area contributed by atoms with Crippen LogP contribution in [0.2, 0.25) is 0 Å². The molecule has 1 aromatic carbocycles. The standard InChI is InChI=1S/C12H7BrF2N2O/c13-9-2-1-7(14)5-11(9)17-12(18)8-3-4-16-6-10(8)15/h1-6H,(H,17,18). The molecule has 1 heterocycles. The lowest BCUT2D eigenvalue weighted by atomic mass is 10.2. The average molecular weight is 313 g/mol. The summed E-state index contributed by atoms with van der Waals surface area (Å²) >= 11 is 3.16. The second-order valence-electron chi connectivity index (χ2n) is 3.43. The van der Waals surface area contributed by atoms with Crippen LogP contribution >= 0.6 is 15.9 Å². The van der Waals surface area contributed by atoms with Gasteiger partial charge in [0.15, 0.2) is 5.82 Å². The van der Waals surface area contributed by atoms with E-state index in [1.54, 1.807) is 0 Å². The Morgan fingerprint density at radius 2 is 2.06 bits per heavy atom. The van der Waals surface area contributed by atoms with Crippen molar-refractivity contribution in [3.8, 4) is 0 Å². The van der Waals surface area contributed by atoms with Crippen molar-refractivity contribution < 1.29 is 13.6 Å². The first kappa shape index (κ1) is 12.6. The van der Waals surface area contributed by atoms with Crippen LogP contribution in [-0.2, 0) is 0 Å². The number of rotatable bonds is 2. The lowest BCUT2D eigenvalue weighted by Gasteiger charge is -2.07. The van der Waals surface area contributed by atoms with E-state index >= 15 is 0 Å². The largest absolute Gasteiger partial charge is 0.321 e. The summed E-state index contributed by atoms with van der Waals surface area (Å²) in [5.74, 6) is -1.90. The Bertz CT molecular complexity index is 604. The maximum absolute atomic E-state index is 13.3. The zero-order valence-corrected chi connectivity index (χ0v) is 10.5. The number of nitrogens with zero attached hydrogens (tertiary/aromatic N) is 1. The number of benzene rings is 1. The summed E-state index contributed by atoms with van der Waals surface area (Å²) in [6.45, 7) is 0. The molecule has 0 aliphatic heterocycles. The van der Waals surface area contributed by atoms with Crippen molar-refractivity contribution in [2.75, 3.05) is 5.32 Å². The van der Waals surface area contributed by atoms with Crippen LogP contribution in [0.3, 0.4) is 0 Å². The van der Waals surface area contributed by atoms with Crippen molar-refractivity contribution in [1.82, 2.24) is 4.98 Å². The van der Waals surface area contributed by atoms with Gasteiger partial charge in [0.05, 0.1) is 17.4 Å². The predicted molar refractivity (Wildman–Crippen MR) is 66.2 cm³/mol. The first-order valence-corrected chi connectivity index (χ1v) is 5.73. The predicted octanol–water partition coefficient (Wildman–Crippen LogP) is 3.37. The van der Waals surface area contributed by atoms with Crippen LogP contribution in [0.1, 0.15) is 10.4 Å². The number of amides is 1. The fourth-order valence-corrected chi connectivity index (χ4v) is 1.69. The van der Waals surface area contributed by atoms with Gasteiger partial charge < -0.3 is 5.32 Å². The minimum atomic E-state index is -0.734. The molecule has 92 valence electrons. The third-order valence-corrected chi connectivity index (χ3v) is 2.89. The molecule has 1 N–H and O–H groups in total. The maximum atomic E-state index is 13.3. The molecule has 0 radical (unpaired) electrons. The Hall–Kier alpha value is -1.82. The number of pyridine rings is 1. The van der Waals surface area contributed by atoms with E-state index < -0.39 is 17.5 Å². The highest BCUT2D eigenvalue weighted by molar-refractivity contribution is 9.10. The molecule has 3 nitrogen and oxygen atoms in total. The van der Waals surface area contributed by atoms with Gasteiger partial charge in [-0.2, -0.15) is 0 Å². The van der Waals surface area contributed by atoms with Gasteiger partial charge in [-0.3, -0.25) is 9.78 Å². The van der Waals surface area contributed by atoms with Gasteiger partial charge in [0.2, 0.25) is 0 Å². The number of nitrogens with one attached hydrogen (secondary N) is 1. The van der Waals surface area contributed by atoms with Gasteiger partial charge in [0, 0.05) is 10.7 Å². The maximum Gasteiger partial charge on any atom is 0.258 e. The van der Waals surface area contributed by atoms with Crippen LogP contribution in [0, 0.1) is 11.6 Å². The number of carbonyl (C=O) groups is 1. The number of hydrogen-bond donors (Lipinski definition) is 1. The van der Waals surface area contributed by atoms with E-state index in [2.05, 4.69) is 26.2 Å². The Morgan fingerprint density at radius 1 is 1.28 bits per heavy atom. The minimum Gasteiger partial charge on any atom is -0.321 e. The Labute approximate surface area is 110 Å². The molecule has 0 spiro atoms. The van der Waals surface area contributed by atoms with Crippen LogP contribution in [0.4, 0.5) is 14.5 Å². The highest BCUT2D eigenvalue weighted by Gasteiger charge is 2.13. The summed E-state index contributed by atoms with van der Waals surface area (Å²) in [5, 5.41) is 2.41. The van der Waals surface area contributed by atoms with Gasteiger partial charge >= 0.3 is 0 Å². The van der Waals surface area contributed by atoms with Gasteiger partial charge in [-0.1, -0.05) is 0 Å². The van der Waals surface area contributed by atoms with Crippen molar-refractivity contribution in [2.45, 2.75) is 0 Å². The highest BCUT2D eigenvalue weighted by atomic mass is 79.9. The normalized spacial score (nSPS) is 10.2. The first-order chi connectivity index (χ1) is 8.58. The molecule has 18 heavy (non-hydrogen) atoms. The molecule has 2 rings (SSSR count). The second kappa shape index (κ2) is 5.22. The van der Waals surface area contributed by atoms with E-state index in [0.29, 0.717) is 4.47 Å². The molecule has 0 saturated carbocycles. The molecule has 0 unspecified atom stereocenters. The molecule has 0 fully saturated rings. The van der Waals surface area contributed by atoms with Crippen molar-refractivity contribution in [1.29, 1.82) is 0 Å². The summed E-state index contributed by atoms with van der Waals surface area (Å²) in [6.07, 6.45) is 2.24. The number of halogens is 3. The minimum absolute atomic E-state index is 0.152. The van der Waals surface area contributed by atoms with Gasteiger partial charge in [-0.25, -0.2) is 8.78 Å². The molecular weight excluding hydrogens is 306 g/mol. The third kappa shape index (κ3) is 2.70. The highest BCUT2D eigenvalue weighted by Crippen LogP contribution is 2.23. The lowest BCUT2D eigenvalue weighted by molar-refractivity contribution is 0.102. The summed E-state index contributed by atoms with van der Waals surface area (Å²) in [4.78, 5) is 15.3. The fourth-order valence-electron chi connectivity index (χ4n) is 1.34. The van der Waals surface area contributed by atoms with E-state index in [4.69, 9.17) is 0 Å². The van der Waals surface area contributed by atoms with Crippen LogP contribution in [-0.4, -0.2) is 10.9 Å². The van der Waals surface area contributed by atoms with Crippen LogP contribution in [0.25, 0.3) is 0 Å². The second-order valence-corrected chi connectivity index (χ2v) is 4.29. The Balaban J connectivity index is 2.27. The average Bonchev–Trinajstić information content (AvgIpc) is 2.34. The van der Waals surface area contributed by atoms with Crippen molar-refractivity contribution in [2.24, 2.45) is 0 Å². The molecule has 0 bridgehead atoms. The molecule has 1 aromatic heterocycles. The van der Waals surface area contributed by atoms with Crippen molar-refractivity contribution in [3.63, 3.8) is 0 Å². The molecule has 0 aliphatic rings. The smallest absolute Gasteiger partial charge is 0.258 e. The topological polar surface area (TPSA) is 42.0 Å². The van der Waals surface area contributed by atoms with Crippen molar-refractivity contribution in [3.05, 3.63) is 58.3 Å². The summed E-state index contributed by atoms with van der Waals surface area (Å²) in [7, 11) is 0. The van der Waals surface area contributed by atoms with Gasteiger partial charge in [0.25, 0.3) is 5.91 Å². The zero-order chi connectivity index (χ0) is 13.1. The molecule has 0 atom stereocenters. The number of carbonyl (C=O) groups excluding carboxylic acids is 1. The van der Waals surface area contributed by atoms with E-state index in [9.17, 15) is 13.6 Å². The van der Waals surface area contributed by atoms with Crippen molar-refractivity contribution >= 4 is 27.5 Å². The van der Waals surface area contributed by atoms with Gasteiger partial charge in [-0.05, 0) is 40.2 Å². The lowest BCUT2D eigenvalue weighted by Crippen LogP contribution is -2.14. The van der Waals surface area contributed by atoms with Crippen LogP contribution < -0.4 is 5.32 Å². The van der Waals surface area contributed by atoms with E-state index in [-0.39, 0.29) is 11.3 Å². The quantitative estimate of drug-likeness (QED) is 0.923. The first-order valence-electron chi connectivity index (χ1n) is 4.94. The van der Waals surface area contributed by atoms with Gasteiger partial charge in [-0.15, -0.1) is 0 Å². The van der Waals surface area contributed by atoms with Gasteiger partial charge in [0.1, 0.15) is 5.82 Å². The molecule has 1 amide bonds. The molecular formula is C12H7BrF2N2O. The van der Waals surface area contributed by atoms with Crippen LogP contribution in [0.5, 0.6) is 0 Å². The number of anilines is 1. The number of aromatic nitrogens is 1. The molecule has 6 heteroatoms. The SMILES string of the molecule is O=C(Nc1cc(F)ccc1Br)c1ccncc1F. The third-order valence-electron chi connectivity index (χ3n) is 2.19. The molecule has 0 aliphatic carbocycles. The van der Waals surface area contributed by atoms with Crippen LogP contribution in [0.15, 0.2) is 41.1 Å². The molecule has 2 aromatic rings. The molecule has 0 saturated heterocycles. The van der Waals surface area contributed by atoms with E-state index in [0.717, 1.165) is 12.3 Å². The zero-order valence-electron chi connectivity index (χ0n) is 8.95. The van der Waals surface area contributed by atoms with E-state index in [1.165, 1.54) is 24.4 Å². The Morgan fingerprint density at radius 3 is 2.78 bits per heavy atom. The Kier molecular flexibility index (Phi) is 3.66. The number of hydrogen-bond acceptors (Lipinski definition) is 2. The summed E-state index contributed by atoms with van der Waals surface area (Å²) in [5.41, 5.74) is 0.0809. The summed E-state index contributed by atoms with van der Waals surface area (Å²) < 4.78 is 26.8. The monoisotopic (exact) mass is 312 g/mol.